The van der Waals surface area contributed by atoms with Crippen LogP contribution in [-0.4, -0.2) is 23.5 Å². The molecule has 84 valence electrons. The first-order chi connectivity index (χ1) is 6.75. The van der Waals surface area contributed by atoms with Crippen LogP contribution in [0.2, 0.25) is 0 Å². The fourth-order valence-electron chi connectivity index (χ4n) is 2.64. The smallest absolute Gasteiger partial charge is 0.00697 e. The van der Waals surface area contributed by atoms with Crippen LogP contribution in [0.1, 0.15) is 65.7 Å². The van der Waals surface area contributed by atoms with E-state index in [1.807, 2.05) is 0 Å². The maximum Gasteiger partial charge on any atom is 0.00697 e. The van der Waals surface area contributed by atoms with Gasteiger partial charge in [-0.1, -0.05) is 32.6 Å². The Labute approximate surface area is 89.9 Å². The highest BCUT2D eigenvalue weighted by Crippen LogP contribution is 2.22. The van der Waals surface area contributed by atoms with E-state index in [-0.39, 0.29) is 0 Å². The molecule has 0 bridgehead atoms. The maximum absolute atomic E-state index is 2.72. The molecule has 0 saturated carbocycles. The normalized spacial score (nSPS) is 29.4. The third kappa shape index (κ3) is 3.61. The SMILES string of the molecule is CCCCCCN1C(C)CCCC1C. The molecule has 2 unspecified atom stereocenters. The highest BCUT2D eigenvalue weighted by atomic mass is 15.2. The molecule has 14 heavy (non-hydrogen) atoms. The Kier molecular flexibility index (Phi) is 5.54. The monoisotopic (exact) mass is 197 g/mol. The van der Waals surface area contributed by atoms with E-state index in [1.165, 1.54) is 51.5 Å². The Hall–Kier alpha value is -0.0400. The van der Waals surface area contributed by atoms with Gasteiger partial charge < -0.3 is 0 Å². The van der Waals surface area contributed by atoms with Gasteiger partial charge in [0.2, 0.25) is 0 Å². The van der Waals surface area contributed by atoms with Crippen LogP contribution in [0.15, 0.2) is 0 Å². The van der Waals surface area contributed by atoms with Crippen molar-refractivity contribution in [1.82, 2.24) is 4.90 Å². The summed E-state index contributed by atoms with van der Waals surface area (Å²) in [6.07, 6.45) is 9.86. The van der Waals surface area contributed by atoms with Gasteiger partial charge >= 0.3 is 0 Å². The van der Waals surface area contributed by atoms with Gasteiger partial charge in [-0.25, -0.2) is 0 Å². The molecule has 0 aromatic heterocycles. The molecule has 1 fully saturated rings. The number of piperidine rings is 1. The van der Waals surface area contributed by atoms with E-state index in [0.29, 0.717) is 0 Å². The second-order valence-electron chi connectivity index (χ2n) is 4.93. The van der Waals surface area contributed by atoms with Crippen LogP contribution in [0.4, 0.5) is 0 Å². The zero-order valence-electron chi connectivity index (χ0n) is 10.3. The van der Waals surface area contributed by atoms with Crippen molar-refractivity contribution in [2.24, 2.45) is 0 Å². The van der Waals surface area contributed by atoms with E-state index in [4.69, 9.17) is 0 Å². The van der Waals surface area contributed by atoms with Crippen molar-refractivity contribution < 1.29 is 0 Å². The van der Waals surface area contributed by atoms with Crippen LogP contribution in [0.5, 0.6) is 0 Å². The Bertz CT molecular complexity index is 134. The molecule has 1 saturated heterocycles. The summed E-state index contributed by atoms with van der Waals surface area (Å²) >= 11 is 0. The Balaban J connectivity index is 2.19. The molecule has 1 nitrogen and oxygen atoms in total. The molecule has 0 aliphatic carbocycles. The summed E-state index contributed by atoms with van der Waals surface area (Å²) in [5.74, 6) is 0. The van der Waals surface area contributed by atoms with Crippen LogP contribution < -0.4 is 0 Å². The predicted octanol–water partition coefficient (Wildman–Crippen LogP) is 3.83. The number of hydrogen-bond acceptors (Lipinski definition) is 1. The fourth-order valence-corrected chi connectivity index (χ4v) is 2.64. The van der Waals surface area contributed by atoms with Crippen molar-refractivity contribution in [3.8, 4) is 0 Å². The summed E-state index contributed by atoms with van der Waals surface area (Å²) in [6.45, 7) is 8.42. The largest absolute Gasteiger partial charge is 0.298 e. The van der Waals surface area contributed by atoms with Gasteiger partial charge in [0.25, 0.3) is 0 Å². The average molecular weight is 197 g/mol. The topological polar surface area (TPSA) is 3.24 Å². The van der Waals surface area contributed by atoms with Crippen LogP contribution >= 0.6 is 0 Å². The van der Waals surface area contributed by atoms with Crippen LogP contribution in [0.25, 0.3) is 0 Å². The zero-order chi connectivity index (χ0) is 10.4. The first-order valence-electron chi connectivity index (χ1n) is 6.51. The number of hydrogen-bond donors (Lipinski definition) is 0. The standard InChI is InChI=1S/C13H27N/c1-4-5-6-7-11-14-12(2)9-8-10-13(14)3/h12-13H,4-11H2,1-3H3. The quantitative estimate of drug-likeness (QED) is 0.605. The van der Waals surface area contributed by atoms with Gasteiger partial charge in [0, 0.05) is 12.1 Å². The zero-order valence-corrected chi connectivity index (χ0v) is 10.3. The van der Waals surface area contributed by atoms with Crippen molar-refractivity contribution in [2.45, 2.75) is 77.8 Å². The lowest BCUT2D eigenvalue weighted by molar-refractivity contribution is 0.101. The number of rotatable bonds is 5. The van der Waals surface area contributed by atoms with Gasteiger partial charge in [0.15, 0.2) is 0 Å². The number of unbranched alkanes of at least 4 members (excludes halogenated alkanes) is 3. The predicted molar refractivity (Wildman–Crippen MR) is 63.6 cm³/mol. The highest BCUT2D eigenvalue weighted by molar-refractivity contribution is 4.79. The summed E-state index contributed by atoms with van der Waals surface area (Å²) in [6, 6.07) is 1.67. The van der Waals surface area contributed by atoms with Crippen molar-refractivity contribution in [1.29, 1.82) is 0 Å². The van der Waals surface area contributed by atoms with Crippen molar-refractivity contribution >= 4 is 0 Å². The average Bonchev–Trinajstić information content (AvgIpc) is 2.16. The molecular weight excluding hydrogens is 170 g/mol. The second kappa shape index (κ2) is 6.44. The minimum atomic E-state index is 0.834. The molecule has 0 N–H and O–H groups in total. The Morgan fingerprint density at radius 2 is 1.64 bits per heavy atom. The minimum Gasteiger partial charge on any atom is -0.298 e. The van der Waals surface area contributed by atoms with E-state index in [0.717, 1.165) is 12.1 Å². The van der Waals surface area contributed by atoms with E-state index in [9.17, 15) is 0 Å². The Morgan fingerprint density at radius 3 is 2.21 bits per heavy atom. The first kappa shape index (κ1) is 12.0. The summed E-state index contributed by atoms with van der Waals surface area (Å²) in [4.78, 5) is 2.72. The van der Waals surface area contributed by atoms with Crippen LogP contribution in [0, 0.1) is 0 Å². The highest BCUT2D eigenvalue weighted by Gasteiger charge is 2.23. The van der Waals surface area contributed by atoms with Crippen LogP contribution in [0.3, 0.4) is 0 Å². The maximum atomic E-state index is 2.72. The van der Waals surface area contributed by atoms with E-state index in [2.05, 4.69) is 25.7 Å². The van der Waals surface area contributed by atoms with Crippen LogP contribution in [-0.2, 0) is 0 Å². The van der Waals surface area contributed by atoms with Crippen molar-refractivity contribution in [3.05, 3.63) is 0 Å². The summed E-state index contributed by atoms with van der Waals surface area (Å²) in [5, 5.41) is 0. The van der Waals surface area contributed by atoms with E-state index >= 15 is 0 Å². The van der Waals surface area contributed by atoms with Crippen molar-refractivity contribution in [3.63, 3.8) is 0 Å². The molecule has 1 rings (SSSR count). The minimum absolute atomic E-state index is 0.834. The van der Waals surface area contributed by atoms with Gasteiger partial charge in [-0.05, 0) is 39.7 Å². The third-order valence-corrected chi connectivity index (χ3v) is 3.65. The molecule has 1 heterocycles. The summed E-state index contributed by atoms with van der Waals surface area (Å²) in [5.41, 5.74) is 0. The first-order valence-corrected chi connectivity index (χ1v) is 6.51. The summed E-state index contributed by atoms with van der Waals surface area (Å²) in [7, 11) is 0. The van der Waals surface area contributed by atoms with Gasteiger partial charge in [0.05, 0.1) is 0 Å². The molecule has 0 aromatic rings. The van der Waals surface area contributed by atoms with Gasteiger partial charge in [0.1, 0.15) is 0 Å². The van der Waals surface area contributed by atoms with E-state index in [1.54, 1.807) is 0 Å². The van der Waals surface area contributed by atoms with Crippen molar-refractivity contribution in [2.75, 3.05) is 6.54 Å². The molecule has 1 heteroatoms. The number of nitrogens with zero attached hydrogens (tertiary/aromatic N) is 1. The van der Waals surface area contributed by atoms with E-state index < -0.39 is 0 Å². The Morgan fingerprint density at radius 1 is 1.00 bits per heavy atom. The lowest BCUT2D eigenvalue weighted by Gasteiger charge is -2.39. The molecule has 0 spiro atoms. The molecular formula is C13H27N. The molecule has 0 aromatic carbocycles. The molecule has 1 aliphatic rings. The molecule has 0 radical (unpaired) electrons. The number of likely N-dealkylation sites (tertiary alicyclic amines) is 1. The second-order valence-corrected chi connectivity index (χ2v) is 4.93. The van der Waals surface area contributed by atoms with Gasteiger partial charge in [-0.3, -0.25) is 4.90 Å². The lowest BCUT2D eigenvalue weighted by Crippen LogP contribution is -2.44. The molecule has 1 aliphatic heterocycles. The lowest BCUT2D eigenvalue weighted by atomic mass is 9.97. The van der Waals surface area contributed by atoms with Gasteiger partial charge in [-0.15, -0.1) is 0 Å². The third-order valence-electron chi connectivity index (χ3n) is 3.65. The summed E-state index contributed by atoms with van der Waals surface area (Å²) < 4.78 is 0. The fraction of sp³-hybridized carbons (Fsp3) is 1.00. The molecule has 0 amide bonds. The molecule has 2 atom stereocenters. The van der Waals surface area contributed by atoms with Gasteiger partial charge in [-0.2, -0.15) is 0 Å².